The Labute approximate surface area is 124 Å². The quantitative estimate of drug-likeness (QED) is 0.641. The Bertz CT molecular complexity index is 615. The van der Waals surface area contributed by atoms with E-state index in [9.17, 15) is 0 Å². The average molecular weight is 315 g/mol. The molecule has 1 heteroatoms. The van der Waals surface area contributed by atoms with Gasteiger partial charge in [-0.2, -0.15) is 0 Å². The predicted octanol–water partition coefficient (Wildman–Crippen LogP) is 5.86. The molecule has 98 valence electrons. The minimum atomic E-state index is 0.177. The van der Waals surface area contributed by atoms with Crippen LogP contribution in [0, 0.1) is 5.41 Å². The summed E-state index contributed by atoms with van der Waals surface area (Å²) in [6, 6.07) is 6.57. The van der Waals surface area contributed by atoms with Crippen molar-refractivity contribution in [2.45, 2.75) is 33.1 Å². The monoisotopic (exact) mass is 314 g/mol. The van der Waals surface area contributed by atoms with Crippen LogP contribution in [0.3, 0.4) is 0 Å². The predicted molar refractivity (Wildman–Crippen MR) is 86.2 cm³/mol. The number of hydrogen-bond acceptors (Lipinski definition) is 0. The van der Waals surface area contributed by atoms with Gasteiger partial charge in [-0.05, 0) is 36.0 Å². The molecule has 1 atom stereocenters. The van der Waals surface area contributed by atoms with Gasteiger partial charge in [0.15, 0.2) is 0 Å². The van der Waals surface area contributed by atoms with Crippen molar-refractivity contribution in [1.29, 1.82) is 0 Å². The van der Waals surface area contributed by atoms with E-state index in [1.807, 2.05) is 0 Å². The maximum absolute atomic E-state index is 3.68. The fraction of sp³-hybridized carbons (Fsp3) is 0.333. The van der Waals surface area contributed by atoms with Gasteiger partial charge in [-0.25, -0.2) is 0 Å². The maximum Gasteiger partial charge on any atom is 0.0250 e. The molecule has 0 amide bonds. The molecule has 1 aromatic rings. The van der Waals surface area contributed by atoms with Crippen LogP contribution in [0.1, 0.15) is 44.2 Å². The van der Waals surface area contributed by atoms with Gasteiger partial charge in [-0.1, -0.05) is 77.4 Å². The molecule has 1 unspecified atom stereocenters. The molecule has 0 spiro atoms. The van der Waals surface area contributed by atoms with Crippen LogP contribution in [0.15, 0.2) is 52.0 Å². The van der Waals surface area contributed by atoms with Crippen molar-refractivity contribution < 1.29 is 0 Å². The molecule has 2 aliphatic rings. The van der Waals surface area contributed by atoms with E-state index < -0.39 is 0 Å². The number of halogens is 1. The average Bonchev–Trinajstić information content (AvgIpc) is 2.96. The maximum atomic E-state index is 3.68. The number of hydrogen-bond donors (Lipinski definition) is 0. The minimum Gasteiger partial charge on any atom is -0.0804 e. The van der Waals surface area contributed by atoms with E-state index in [0.717, 1.165) is 6.42 Å². The first-order valence-corrected chi connectivity index (χ1v) is 7.64. The molecule has 0 saturated heterocycles. The van der Waals surface area contributed by atoms with E-state index in [1.54, 1.807) is 0 Å². The lowest BCUT2D eigenvalue weighted by molar-refractivity contribution is 0.383. The van der Waals surface area contributed by atoms with Crippen LogP contribution in [0.25, 0.3) is 6.08 Å². The summed E-state index contributed by atoms with van der Waals surface area (Å²) < 4.78 is 1.21. The molecule has 0 N–H and O–H groups in total. The summed E-state index contributed by atoms with van der Waals surface area (Å²) in [5.74, 6) is 0.492. The lowest BCUT2D eigenvalue weighted by Crippen LogP contribution is -2.24. The lowest BCUT2D eigenvalue weighted by Gasteiger charge is -2.35. The van der Waals surface area contributed by atoms with Gasteiger partial charge in [0.05, 0.1) is 0 Å². The normalized spacial score (nSPS) is 21.4. The summed E-state index contributed by atoms with van der Waals surface area (Å²) >= 11 is 3.68. The number of allylic oxidation sites excluding steroid dienone is 5. The summed E-state index contributed by atoms with van der Waals surface area (Å²) in [7, 11) is 0. The van der Waals surface area contributed by atoms with Crippen molar-refractivity contribution in [2.24, 2.45) is 5.41 Å². The third-order valence-electron chi connectivity index (χ3n) is 4.55. The number of benzene rings is 1. The Morgan fingerprint density at radius 1 is 1.26 bits per heavy atom. The van der Waals surface area contributed by atoms with Crippen LogP contribution in [0.4, 0.5) is 0 Å². The van der Waals surface area contributed by atoms with Gasteiger partial charge in [-0.15, -0.1) is 0 Å². The zero-order valence-electron chi connectivity index (χ0n) is 11.7. The summed E-state index contributed by atoms with van der Waals surface area (Å²) in [5, 5.41) is 0. The Morgan fingerprint density at radius 2 is 2.05 bits per heavy atom. The van der Waals surface area contributed by atoms with Gasteiger partial charge in [0, 0.05) is 10.4 Å². The molecule has 0 saturated carbocycles. The molecule has 0 aliphatic heterocycles. The topological polar surface area (TPSA) is 0 Å². The molecular formula is C18H19Br. The summed E-state index contributed by atoms with van der Waals surface area (Å²) in [5.41, 5.74) is 6.02. The van der Waals surface area contributed by atoms with E-state index in [2.05, 4.69) is 79.2 Å². The Kier molecular flexibility index (Phi) is 3.05. The van der Waals surface area contributed by atoms with Crippen molar-refractivity contribution >= 4 is 22.0 Å². The Balaban J connectivity index is 2.08. The second kappa shape index (κ2) is 4.49. The third kappa shape index (κ3) is 1.95. The number of fused-ring (bicyclic) bond motifs is 1. The largest absolute Gasteiger partial charge is 0.0804 e. The standard InChI is InChI=1S/C18H19Br/c1-12-11-15-14(9-6-10-16(15)19)17(12)18(2,3)13-7-4-5-8-13/h4-7,9-11,17H,8H2,1-3H3. The highest BCUT2D eigenvalue weighted by Gasteiger charge is 2.38. The molecule has 0 fully saturated rings. The molecule has 0 nitrogen and oxygen atoms in total. The summed E-state index contributed by atoms with van der Waals surface area (Å²) in [6.07, 6.45) is 10.2. The number of rotatable bonds is 2. The highest BCUT2D eigenvalue weighted by Crippen LogP contribution is 2.53. The van der Waals surface area contributed by atoms with Crippen LogP contribution in [-0.4, -0.2) is 0 Å². The molecule has 0 aromatic heterocycles. The van der Waals surface area contributed by atoms with E-state index in [0.29, 0.717) is 5.92 Å². The summed E-state index contributed by atoms with van der Waals surface area (Å²) in [6.45, 7) is 7.02. The van der Waals surface area contributed by atoms with Gasteiger partial charge in [0.1, 0.15) is 0 Å². The van der Waals surface area contributed by atoms with Gasteiger partial charge in [0.25, 0.3) is 0 Å². The molecule has 19 heavy (non-hydrogen) atoms. The molecule has 0 heterocycles. The molecule has 3 rings (SSSR count). The van der Waals surface area contributed by atoms with Crippen molar-refractivity contribution in [2.75, 3.05) is 0 Å². The van der Waals surface area contributed by atoms with Gasteiger partial charge < -0.3 is 0 Å². The highest BCUT2D eigenvalue weighted by atomic mass is 79.9. The van der Waals surface area contributed by atoms with Crippen LogP contribution in [0.2, 0.25) is 0 Å². The second-order valence-corrected chi connectivity index (χ2v) is 6.96. The van der Waals surface area contributed by atoms with Crippen molar-refractivity contribution in [1.82, 2.24) is 0 Å². The Morgan fingerprint density at radius 3 is 2.74 bits per heavy atom. The third-order valence-corrected chi connectivity index (χ3v) is 5.24. The smallest absolute Gasteiger partial charge is 0.0250 e. The lowest BCUT2D eigenvalue weighted by atomic mass is 9.68. The van der Waals surface area contributed by atoms with E-state index in [-0.39, 0.29) is 5.41 Å². The van der Waals surface area contributed by atoms with Crippen LogP contribution in [-0.2, 0) is 0 Å². The van der Waals surface area contributed by atoms with Crippen LogP contribution < -0.4 is 0 Å². The van der Waals surface area contributed by atoms with Crippen molar-refractivity contribution in [3.05, 3.63) is 63.2 Å². The van der Waals surface area contributed by atoms with Gasteiger partial charge in [0.2, 0.25) is 0 Å². The fourth-order valence-corrected chi connectivity index (χ4v) is 4.08. The van der Waals surface area contributed by atoms with Gasteiger partial charge in [-0.3, -0.25) is 0 Å². The first-order valence-electron chi connectivity index (χ1n) is 6.84. The molecule has 0 bridgehead atoms. The molecule has 1 aromatic carbocycles. The zero-order valence-corrected chi connectivity index (χ0v) is 13.3. The van der Waals surface area contributed by atoms with Gasteiger partial charge >= 0.3 is 0 Å². The van der Waals surface area contributed by atoms with Crippen molar-refractivity contribution in [3.63, 3.8) is 0 Å². The second-order valence-electron chi connectivity index (χ2n) is 6.11. The fourth-order valence-electron chi connectivity index (χ4n) is 3.58. The van der Waals surface area contributed by atoms with Crippen LogP contribution >= 0.6 is 15.9 Å². The first-order chi connectivity index (χ1) is 9.01. The van der Waals surface area contributed by atoms with E-state index in [1.165, 1.54) is 26.7 Å². The van der Waals surface area contributed by atoms with Crippen molar-refractivity contribution in [3.8, 4) is 0 Å². The molecule has 2 aliphatic carbocycles. The van der Waals surface area contributed by atoms with E-state index in [4.69, 9.17) is 0 Å². The first kappa shape index (κ1) is 12.9. The summed E-state index contributed by atoms with van der Waals surface area (Å²) in [4.78, 5) is 0. The van der Waals surface area contributed by atoms with Crippen LogP contribution in [0.5, 0.6) is 0 Å². The Hall–Kier alpha value is -1.08. The zero-order chi connectivity index (χ0) is 13.6. The molecule has 0 radical (unpaired) electrons. The van der Waals surface area contributed by atoms with E-state index >= 15 is 0 Å². The SMILES string of the molecule is CC1=Cc2c(Br)cccc2C1C(C)(C)C1=CC=CC1. The highest BCUT2D eigenvalue weighted by molar-refractivity contribution is 9.10. The minimum absolute atomic E-state index is 0.177. The molecular weight excluding hydrogens is 296 g/mol.